The van der Waals surface area contributed by atoms with Gasteiger partial charge in [-0.25, -0.2) is 0 Å². The molecule has 1 saturated carbocycles. The molecule has 36 heavy (non-hydrogen) atoms. The minimum absolute atomic E-state index is 0.0141. The molecule has 1 saturated heterocycles. The molecule has 9 nitrogen and oxygen atoms in total. The van der Waals surface area contributed by atoms with Gasteiger partial charge in [0.2, 0.25) is 0 Å². The minimum Gasteiger partial charge on any atom is -0.463 e. The number of rotatable bonds is 11. The van der Waals surface area contributed by atoms with E-state index in [1.54, 1.807) is 6.08 Å². The van der Waals surface area contributed by atoms with Crippen molar-refractivity contribution in [1.82, 2.24) is 0 Å². The third-order valence-corrected chi connectivity index (χ3v) is 7.73. The van der Waals surface area contributed by atoms with Crippen LogP contribution in [0.3, 0.4) is 0 Å². The van der Waals surface area contributed by atoms with Crippen LogP contribution in [0, 0.1) is 11.3 Å². The average molecular weight is 527 g/mol. The van der Waals surface area contributed by atoms with E-state index in [0.717, 1.165) is 24.7 Å². The average Bonchev–Trinajstić information content (AvgIpc) is 2.84. The highest BCUT2D eigenvalue weighted by Gasteiger charge is 2.61. The summed E-state index contributed by atoms with van der Waals surface area (Å²) in [5.41, 5.74) is -1.86. The highest BCUT2D eigenvalue weighted by Crippen LogP contribution is 2.51. The number of ether oxygens (including phenoxy) is 4. The fourth-order valence-corrected chi connectivity index (χ4v) is 5.71. The summed E-state index contributed by atoms with van der Waals surface area (Å²) in [4.78, 5) is 11.7. The number of aliphatic hydroxyl groups is 1. The van der Waals surface area contributed by atoms with Crippen LogP contribution in [-0.2, 0) is 44.7 Å². The Morgan fingerprint density at radius 2 is 1.94 bits per heavy atom. The lowest BCUT2D eigenvalue weighted by molar-refractivity contribution is -0.252. The summed E-state index contributed by atoms with van der Waals surface area (Å²) in [7, 11) is -3.97. The van der Waals surface area contributed by atoms with Crippen molar-refractivity contribution in [2.45, 2.75) is 70.2 Å². The molecule has 1 N–H and O–H groups in total. The molecule has 10 heteroatoms. The third-order valence-electron chi connectivity index (χ3n) is 7.15. The Labute approximate surface area is 213 Å². The molecule has 1 aliphatic carbocycles. The number of hydrogen-bond acceptors (Lipinski definition) is 9. The summed E-state index contributed by atoms with van der Waals surface area (Å²) in [5, 5.41) is 12.0. The van der Waals surface area contributed by atoms with Crippen molar-refractivity contribution in [2.24, 2.45) is 11.3 Å². The van der Waals surface area contributed by atoms with Gasteiger partial charge in [-0.15, -0.1) is 6.58 Å². The maximum atomic E-state index is 12.2. The van der Waals surface area contributed by atoms with Crippen LogP contribution in [0.25, 0.3) is 0 Å². The summed E-state index contributed by atoms with van der Waals surface area (Å²) in [6.45, 7) is 7.47. The van der Waals surface area contributed by atoms with Crippen molar-refractivity contribution in [3.05, 3.63) is 48.6 Å². The standard InChI is InChI=1S/C26H38O9S/c1-5-25(3)21(17-33-24-13-9-10-14-31-24)26(28,18-34-19(2)27)23(35-36(4,29)30)15-22(25)32-16-20-11-7-6-8-12-20/h5-8,11-12,21-24,28H,1,9-10,13-18H2,2-4H3/t21-,22-,23-,24?,25-,26+/m0/s1. The Bertz CT molecular complexity index is 976. The van der Waals surface area contributed by atoms with E-state index in [1.165, 1.54) is 6.92 Å². The van der Waals surface area contributed by atoms with Gasteiger partial charge in [-0.3, -0.25) is 8.98 Å². The van der Waals surface area contributed by atoms with Crippen molar-refractivity contribution in [1.29, 1.82) is 0 Å². The molecule has 0 aromatic heterocycles. The molecule has 1 unspecified atom stereocenters. The monoisotopic (exact) mass is 526 g/mol. The van der Waals surface area contributed by atoms with Crippen LogP contribution in [0.2, 0.25) is 0 Å². The van der Waals surface area contributed by atoms with E-state index >= 15 is 0 Å². The Hall–Kier alpha value is -1.82. The lowest BCUT2D eigenvalue weighted by atomic mass is 9.58. The smallest absolute Gasteiger partial charge is 0.302 e. The largest absolute Gasteiger partial charge is 0.463 e. The summed E-state index contributed by atoms with van der Waals surface area (Å²) >= 11 is 0. The van der Waals surface area contributed by atoms with Gasteiger partial charge >= 0.3 is 5.97 Å². The van der Waals surface area contributed by atoms with Crippen LogP contribution in [-0.4, -0.2) is 69.7 Å². The summed E-state index contributed by atoms with van der Waals surface area (Å²) in [5.74, 6) is -1.41. The maximum absolute atomic E-state index is 12.2. The van der Waals surface area contributed by atoms with Gasteiger partial charge in [0.1, 0.15) is 18.3 Å². The van der Waals surface area contributed by atoms with E-state index in [1.807, 2.05) is 37.3 Å². The number of carbonyl (C=O) groups is 1. The number of esters is 1. The molecule has 0 amide bonds. The first-order valence-corrected chi connectivity index (χ1v) is 14.1. The normalized spacial score (nSPS) is 33.1. The van der Waals surface area contributed by atoms with Gasteiger partial charge in [-0.2, -0.15) is 8.42 Å². The SMILES string of the molecule is C=C[C@]1(C)[C@@H](OCc2ccccc2)C[C@H](OS(C)(=O)=O)[C@@](O)(COC(C)=O)[C@H]1COC1CCCCO1. The van der Waals surface area contributed by atoms with Gasteiger partial charge in [0.15, 0.2) is 6.29 Å². The molecule has 2 fully saturated rings. The van der Waals surface area contributed by atoms with E-state index in [-0.39, 0.29) is 19.6 Å². The predicted molar refractivity (Wildman–Crippen MR) is 132 cm³/mol. The first kappa shape index (κ1) is 28.7. The van der Waals surface area contributed by atoms with Gasteiger partial charge < -0.3 is 24.1 Å². The van der Waals surface area contributed by atoms with Gasteiger partial charge in [0.25, 0.3) is 10.1 Å². The topological polar surface area (TPSA) is 118 Å². The highest BCUT2D eigenvalue weighted by atomic mass is 32.2. The van der Waals surface area contributed by atoms with Gasteiger partial charge in [0, 0.05) is 31.3 Å². The molecule has 3 rings (SSSR count). The van der Waals surface area contributed by atoms with Crippen LogP contribution in [0.5, 0.6) is 0 Å². The van der Waals surface area contributed by atoms with Crippen LogP contribution in [0.15, 0.2) is 43.0 Å². The van der Waals surface area contributed by atoms with Crippen molar-refractivity contribution in [3.63, 3.8) is 0 Å². The molecule has 1 aromatic rings. The Kier molecular flexibility index (Phi) is 9.70. The maximum Gasteiger partial charge on any atom is 0.302 e. The van der Waals surface area contributed by atoms with Gasteiger partial charge in [0.05, 0.1) is 25.6 Å². The number of carbonyl (C=O) groups excluding carboxylic acids is 1. The second kappa shape index (κ2) is 12.1. The van der Waals surface area contributed by atoms with E-state index < -0.39 is 58.1 Å². The fraction of sp³-hybridized carbons (Fsp3) is 0.654. The van der Waals surface area contributed by atoms with Crippen LogP contribution < -0.4 is 0 Å². The lowest BCUT2D eigenvalue weighted by Gasteiger charge is -2.55. The zero-order valence-corrected chi connectivity index (χ0v) is 22.1. The Balaban J connectivity index is 1.97. The molecule has 1 aromatic carbocycles. The highest BCUT2D eigenvalue weighted by molar-refractivity contribution is 7.86. The number of benzene rings is 1. The van der Waals surface area contributed by atoms with Crippen molar-refractivity contribution >= 4 is 16.1 Å². The minimum atomic E-state index is -3.97. The van der Waals surface area contributed by atoms with E-state index in [9.17, 15) is 18.3 Å². The van der Waals surface area contributed by atoms with Crippen molar-refractivity contribution in [3.8, 4) is 0 Å². The fourth-order valence-electron chi connectivity index (χ4n) is 5.05. The molecule has 1 heterocycles. The first-order valence-electron chi connectivity index (χ1n) is 12.2. The molecule has 2 aliphatic rings. The second-order valence-electron chi connectivity index (χ2n) is 9.83. The number of hydrogen-bond donors (Lipinski definition) is 1. The molecule has 202 valence electrons. The van der Waals surface area contributed by atoms with Crippen LogP contribution in [0.1, 0.15) is 45.1 Å². The summed E-state index contributed by atoms with van der Waals surface area (Å²) in [6.07, 6.45) is 2.95. The quantitative estimate of drug-likeness (QED) is 0.264. The molecule has 6 atom stereocenters. The molecular weight excluding hydrogens is 488 g/mol. The second-order valence-corrected chi connectivity index (χ2v) is 11.4. The van der Waals surface area contributed by atoms with Gasteiger partial charge in [-0.1, -0.05) is 43.3 Å². The zero-order chi connectivity index (χ0) is 26.4. The lowest BCUT2D eigenvalue weighted by Crippen LogP contribution is -2.67. The van der Waals surface area contributed by atoms with Crippen LogP contribution in [0.4, 0.5) is 0 Å². The first-order chi connectivity index (χ1) is 17.0. The van der Waals surface area contributed by atoms with Crippen molar-refractivity contribution in [2.75, 3.05) is 26.1 Å². The Morgan fingerprint density at radius 3 is 2.53 bits per heavy atom. The molecular formula is C26H38O9S. The summed E-state index contributed by atoms with van der Waals surface area (Å²) in [6, 6.07) is 9.57. The zero-order valence-electron chi connectivity index (χ0n) is 21.3. The predicted octanol–water partition coefficient (Wildman–Crippen LogP) is 2.97. The van der Waals surface area contributed by atoms with E-state index in [0.29, 0.717) is 13.0 Å². The molecule has 0 bridgehead atoms. The molecule has 0 spiro atoms. The van der Waals surface area contributed by atoms with E-state index in [4.69, 9.17) is 23.1 Å². The Morgan fingerprint density at radius 1 is 1.22 bits per heavy atom. The van der Waals surface area contributed by atoms with Gasteiger partial charge in [-0.05, 0) is 24.8 Å². The summed E-state index contributed by atoms with van der Waals surface area (Å²) < 4.78 is 53.1. The van der Waals surface area contributed by atoms with Crippen LogP contribution >= 0.6 is 0 Å². The third kappa shape index (κ3) is 7.14. The molecule has 1 aliphatic heterocycles. The molecule has 0 radical (unpaired) electrons. The van der Waals surface area contributed by atoms with Crippen molar-refractivity contribution < 1.29 is 41.4 Å². The van der Waals surface area contributed by atoms with E-state index in [2.05, 4.69) is 6.58 Å².